The smallest absolute Gasteiger partial charge is 0.548 e. The number of methoxy groups -OCH3 is 1. The van der Waals surface area contributed by atoms with Crippen molar-refractivity contribution in [3.8, 4) is 0 Å². The van der Waals surface area contributed by atoms with Gasteiger partial charge in [-0.3, -0.25) is 19.3 Å². The average Bonchev–Trinajstić information content (AvgIpc) is 2.54. The monoisotopic (exact) mass is 365 g/mol. The maximum absolute atomic E-state index is 12.4. The molecule has 0 aromatic carbocycles. The summed E-state index contributed by atoms with van der Waals surface area (Å²) < 4.78 is 4.46. The van der Waals surface area contributed by atoms with Crippen LogP contribution in [0.15, 0.2) is 0 Å². The molecule has 0 rings (SSSR count). The van der Waals surface area contributed by atoms with Gasteiger partial charge in [-0.05, 0) is 12.8 Å². The molecule has 0 bridgehead atoms. The van der Waals surface area contributed by atoms with Crippen molar-refractivity contribution in [3.05, 3.63) is 0 Å². The third-order valence-corrected chi connectivity index (χ3v) is 3.70. The summed E-state index contributed by atoms with van der Waals surface area (Å²) in [5.74, 6) is -3.60. The van der Waals surface area contributed by atoms with Crippen molar-refractivity contribution in [3.63, 3.8) is 0 Å². The summed E-state index contributed by atoms with van der Waals surface area (Å²) >= 11 is 0. The quantitative estimate of drug-likeness (QED) is 0.229. The van der Waals surface area contributed by atoms with Crippen LogP contribution >= 0.6 is 0 Å². The zero-order chi connectivity index (χ0) is 18.5. The third-order valence-electron chi connectivity index (χ3n) is 3.70. The van der Waals surface area contributed by atoms with E-state index in [2.05, 4.69) is 4.74 Å². The summed E-state index contributed by atoms with van der Waals surface area (Å²) in [5, 5.41) is 11.4. The van der Waals surface area contributed by atoms with Gasteiger partial charge in [-0.15, -0.1) is 0 Å². The number of hydrogen-bond acceptors (Lipinski definition) is 6. The number of unbranched alkanes of at least 4 members (excludes halogenated alkanes) is 4. The van der Waals surface area contributed by atoms with Gasteiger partial charge in [0.25, 0.3) is 0 Å². The van der Waals surface area contributed by atoms with Crippen molar-refractivity contribution in [2.45, 2.75) is 77.7 Å². The Morgan fingerprint density at radius 3 is 1.68 bits per heavy atom. The molecule has 7 nitrogen and oxygen atoms in total. The number of amides is 2. The molecule has 0 radical (unpaired) electrons. The Kier molecular flexibility index (Phi) is 16.1. The van der Waals surface area contributed by atoms with Gasteiger partial charge in [0.1, 0.15) is 0 Å². The topological polar surface area (TPSA) is 104 Å². The number of imide groups is 1. The molecular formula is C17H28NNaO6. The number of carbonyl (C=O) groups is 4. The van der Waals surface area contributed by atoms with Crippen LogP contribution in [0.5, 0.6) is 0 Å². The number of rotatable bonds is 12. The Balaban J connectivity index is 0. The van der Waals surface area contributed by atoms with Gasteiger partial charge in [0.2, 0.25) is 11.8 Å². The molecule has 1 atom stereocenters. The van der Waals surface area contributed by atoms with Gasteiger partial charge in [-0.25, -0.2) is 0 Å². The van der Waals surface area contributed by atoms with E-state index in [9.17, 15) is 24.3 Å². The fourth-order valence-electron chi connectivity index (χ4n) is 2.30. The largest absolute Gasteiger partial charge is 1.00 e. The van der Waals surface area contributed by atoms with E-state index in [-0.39, 0.29) is 42.4 Å². The van der Waals surface area contributed by atoms with Crippen LogP contribution in [0.1, 0.15) is 71.6 Å². The molecule has 2 amide bonds. The van der Waals surface area contributed by atoms with E-state index in [4.69, 9.17) is 0 Å². The van der Waals surface area contributed by atoms with Gasteiger partial charge < -0.3 is 14.6 Å². The van der Waals surface area contributed by atoms with E-state index in [0.717, 1.165) is 32.8 Å². The number of carboxylic acid groups (broad SMARTS) is 1. The van der Waals surface area contributed by atoms with E-state index < -0.39 is 36.2 Å². The van der Waals surface area contributed by atoms with Gasteiger partial charge in [0.15, 0.2) is 0 Å². The third kappa shape index (κ3) is 10.6. The first-order chi connectivity index (χ1) is 11.4. The number of carbonyl (C=O) groups excluding carboxylic acids is 4. The summed E-state index contributed by atoms with van der Waals surface area (Å²) in [6.07, 6.45) is 4.05. The predicted octanol–water partition coefficient (Wildman–Crippen LogP) is -1.81. The summed E-state index contributed by atoms with van der Waals surface area (Å²) in [4.78, 5) is 48.3. The fourth-order valence-corrected chi connectivity index (χ4v) is 2.30. The summed E-state index contributed by atoms with van der Waals surface area (Å²) in [6, 6.07) is -1.62. The zero-order valence-electron chi connectivity index (χ0n) is 15.8. The molecule has 0 heterocycles. The van der Waals surface area contributed by atoms with Gasteiger partial charge in [0, 0.05) is 12.8 Å². The number of aliphatic carboxylic acids is 1. The van der Waals surface area contributed by atoms with Crippen LogP contribution in [-0.4, -0.2) is 41.8 Å². The molecule has 1 unspecified atom stereocenters. The number of ether oxygens (including phenoxy) is 1. The molecule has 0 aliphatic rings. The van der Waals surface area contributed by atoms with Gasteiger partial charge in [0.05, 0.1) is 25.5 Å². The van der Waals surface area contributed by atoms with Gasteiger partial charge >= 0.3 is 35.5 Å². The SMILES string of the molecule is CCCCCC(=O)N(C(=O)CCCCC)C(CC(=O)OC)C(=O)[O-].[Na+]. The van der Waals surface area contributed by atoms with E-state index >= 15 is 0 Å². The van der Waals surface area contributed by atoms with Crippen LogP contribution in [0.25, 0.3) is 0 Å². The molecule has 0 aliphatic heterocycles. The number of carboxylic acids is 1. The average molecular weight is 365 g/mol. The van der Waals surface area contributed by atoms with Crippen LogP contribution in [-0.2, 0) is 23.9 Å². The van der Waals surface area contributed by atoms with Crippen LogP contribution in [0.4, 0.5) is 0 Å². The minimum Gasteiger partial charge on any atom is -0.548 e. The molecule has 0 fully saturated rings. The minimum atomic E-state index is -1.63. The Morgan fingerprint density at radius 2 is 1.36 bits per heavy atom. The standard InChI is InChI=1S/C17H29NO6.Na/c1-4-6-8-10-14(19)18(15(20)11-9-7-5-2)13(17(22)23)12-16(21)24-3;/h13H,4-12H2,1-3H3,(H,22,23);/q;+1/p-1. The normalized spacial score (nSPS) is 11.2. The summed E-state index contributed by atoms with van der Waals surface area (Å²) in [5.41, 5.74) is 0. The molecule has 0 aliphatic carbocycles. The maximum Gasteiger partial charge on any atom is 1.00 e. The van der Waals surface area contributed by atoms with Crippen molar-refractivity contribution in [2.24, 2.45) is 0 Å². The fraction of sp³-hybridized carbons (Fsp3) is 0.765. The molecule has 0 N–H and O–H groups in total. The van der Waals surface area contributed by atoms with E-state index in [1.165, 1.54) is 0 Å². The minimum absolute atomic E-state index is 0. The number of hydrogen-bond donors (Lipinski definition) is 0. The molecule has 25 heavy (non-hydrogen) atoms. The zero-order valence-corrected chi connectivity index (χ0v) is 17.8. The van der Waals surface area contributed by atoms with Crippen LogP contribution in [0.2, 0.25) is 0 Å². The molecule has 0 aromatic heterocycles. The van der Waals surface area contributed by atoms with Crippen molar-refractivity contribution >= 4 is 23.8 Å². The summed E-state index contributed by atoms with van der Waals surface area (Å²) in [6.45, 7) is 3.94. The Labute approximate surface area is 171 Å². The number of esters is 1. The molecule has 0 saturated heterocycles. The molecule has 0 spiro atoms. The van der Waals surface area contributed by atoms with Gasteiger partial charge in [-0.2, -0.15) is 0 Å². The maximum atomic E-state index is 12.4. The van der Waals surface area contributed by atoms with Crippen LogP contribution < -0.4 is 34.7 Å². The number of nitrogens with zero attached hydrogens (tertiary/aromatic N) is 1. The summed E-state index contributed by atoms with van der Waals surface area (Å²) in [7, 11) is 1.12. The van der Waals surface area contributed by atoms with E-state index in [1.807, 2.05) is 13.8 Å². The molecular weight excluding hydrogens is 337 g/mol. The molecule has 8 heteroatoms. The van der Waals surface area contributed by atoms with Crippen molar-refractivity contribution in [2.75, 3.05) is 7.11 Å². The molecule has 138 valence electrons. The Morgan fingerprint density at radius 1 is 0.920 bits per heavy atom. The Hall–Kier alpha value is -0.920. The van der Waals surface area contributed by atoms with E-state index in [1.54, 1.807) is 0 Å². The molecule has 0 saturated carbocycles. The first-order valence-electron chi connectivity index (χ1n) is 8.51. The second-order valence-electron chi connectivity index (χ2n) is 5.69. The molecule has 0 aromatic rings. The van der Waals surface area contributed by atoms with Crippen molar-refractivity contribution in [1.29, 1.82) is 0 Å². The first kappa shape index (κ1) is 26.3. The van der Waals surface area contributed by atoms with Crippen LogP contribution in [0, 0.1) is 0 Å². The second-order valence-corrected chi connectivity index (χ2v) is 5.69. The van der Waals surface area contributed by atoms with Crippen molar-refractivity contribution in [1.82, 2.24) is 4.90 Å². The van der Waals surface area contributed by atoms with Crippen LogP contribution in [0.3, 0.4) is 0 Å². The van der Waals surface area contributed by atoms with E-state index in [0.29, 0.717) is 17.7 Å². The predicted molar refractivity (Wildman–Crippen MR) is 85.6 cm³/mol. The first-order valence-corrected chi connectivity index (χ1v) is 8.51. The second kappa shape index (κ2) is 15.3. The Bertz CT molecular complexity index is 419. The van der Waals surface area contributed by atoms with Crippen molar-refractivity contribution < 1.29 is 58.6 Å². The van der Waals surface area contributed by atoms with Gasteiger partial charge in [-0.1, -0.05) is 39.5 Å².